The first-order valence-electron chi connectivity index (χ1n) is 11.5. The standard InChI is InChI=1S/C30H18Cl2N2O3/c31-24-10-4-9-23(29(24)32)26-15-12-20(36-26)13-16-28(35)33-19-11-14-27-25(17-19)34-30(37-27)22-8-3-6-18-5-1-2-7-21(18)22/h1-17H,(H,33,35). The van der Waals surface area contributed by atoms with E-state index in [-0.39, 0.29) is 5.91 Å². The molecule has 0 fully saturated rings. The molecule has 180 valence electrons. The maximum atomic E-state index is 12.5. The number of anilines is 1. The third kappa shape index (κ3) is 4.62. The van der Waals surface area contributed by atoms with Crippen LogP contribution < -0.4 is 5.32 Å². The summed E-state index contributed by atoms with van der Waals surface area (Å²) < 4.78 is 11.8. The van der Waals surface area contributed by atoms with Crippen molar-refractivity contribution in [2.24, 2.45) is 0 Å². The molecule has 1 N–H and O–H groups in total. The number of nitrogens with zero attached hydrogens (tertiary/aromatic N) is 1. The fourth-order valence-electron chi connectivity index (χ4n) is 4.16. The van der Waals surface area contributed by atoms with Crippen LogP contribution in [-0.2, 0) is 4.79 Å². The number of hydrogen-bond acceptors (Lipinski definition) is 4. The van der Waals surface area contributed by atoms with Crippen molar-refractivity contribution in [1.82, 2.24) is 4.98 Å². The van der Waals surface area contributed by atoms with E-state index in [1.54, 1.807) is 48.5 Å². The van der Waals surface area contributed by atoms with E-state index < -0.39 is 0 Å². The zero-order chi connectivity index (χ0) is 25.4. The highest BCUT2D eigenvalue weighted by atomic mass is 35.5. The highest BCUT2D eigenvalue weighted by Gasteiger charge is 2.13. The van der Waals surface area contributed by atoms with Crippen LogP contribution >= 0.6 is 23.2 Å². The second kappa shape index (κ2) is 9.62. The van der Waals surface area contributed by atoms with Gasteiger partial charge in [-0.2, -0.15) is 0 Å². The van der Waals surface area contributed by atoms with Gasteiger partial charge in [-0.15, -0.1) is 0 Å². The van der Waals surface area contributed by atoms with Gasteiger partial charge in [-0.05, 0) is 65.4 Å². The molecule has 0 atom stereocenters. The van der Waals surface area contributed by atoms with Crippen LogP contribution in [0.1, 0.15) is 5.76 Å². The second-order valence-corrected chi connectivity index (χ2v) is 9.14. The Morgan fingerprint density at radius 3 is 2.57 bits per heavy atom. The van der Waals surface area contributed by atoms with Gasteiger partial charge in [0.1, 0.15) is 17.0 Å². The molecule has 0 unspecified atom stereocenters. The van der Waals surface area contributed by atoms with Gasteiger partial charge in [-0.3, -0.25) is 4.79 Å². The number of rotatable bonds is 5. The number of carbonyl (C=O) groups is 1. The monoisotopic (exact) mass is 524 g/mol. The van der Waals surface area contributed by atoms with E-state index in [0.717, 1.165) is 16.3 Å². The van der Waals surface area contributed by atoms with E-state index in [2.05, 4.69) is 22.4 Å². The predicted molar refractivity (Wildman–Crippen MR) is 149 cm³/mol. The first-order valence-corrected chi connectivity index (χ1v) is 12.2. The Hall–Kier alpha value is -4.32. The molecule has 2 heterocycles. The number of hydrogen-bond donors (Lipinski definition) is 1. The number of halogens is 2. The molecular formula is C30H18Cl2N2O3. The molecule has 0 bridgehead atoms. The Bertz CT molecular complexity index is 1810. The molecule has 37 heavy (non-hydrogen) atoms. The summed E-state index contributed by atoms with van der Waals surface area (Å²) >= 11 is 12.4. The molecule has 1 amide bonds. The van der Waals surface area contributed by atoms with Gasteiger partial charge in [-0.1, -0.05) is 65.7 Å². The predicted octanol–water partition coefficient (Wildman–Crippen LogP) is 8.87. The highest BCUT2D eigenvalue weighted by Crippen LogP contribution is 2.35. The Morgan fingerprint density at radius 1 is 0.838 bits per heavy atom. The van der Waals surface area contributed by atoms with Gasteiger partial charge < -0.3 is 14.2 Å². The smallest absolute Gasteiger partial charge is 0.248 e. The topological polar surface area (TPSA) is 68.3 Å². The van der Waals surface area contributed by atoms with E-state index in [9.17, 15) is 4.79 Å². The lowest BCUT2D eigenvalue weighted by atomic mass is 10.0. The zero-order valence-corrected chi connectivity index (χ0v) is 20.8. The van der Waals surface area contributed by atoms with Crippen LogP contribution in [-0.4, -0.2) is 10.9 Å². The Morgan fingerprint density at radius 2 is 1.65 bits per heavy atom. The van der Waals surface area contributed by atoms with Crippen molar-refractivity contribution in [2.75, 3.05) is 5.32 Å². The van der Waals surface area contributed by atoms with Crippen LogP contribution in [0.3, 0.4) is 0 Å². The average molecular weight is 525 g/mol. The molecule has 2 aromatic heterocycles. The SMILES string of the molecule is O=C(C=Cc1ccc(-c2cccc(Cl)c2Cl)o1)Nc1ccc2oc(-c3cccc4ccccc34)nc2c1. The van der Waals surface area contributed by atoms with Gasteiger partial charge in [0, 0.05) is 22.9 Å². The van der Waals surface area contributed by atoms with Crippen LogP contribution in [0.2, 0.25) is 10.0 Å². The van der Waals surface area contributed by atoms with Gasteiger partial charge in [-0.25, -0.2) is 4.98 Å². The van der Waals surface area contributed by atoms with Gasteiger partial charge in [0.25, 0.3) is 0 Å². The highest BCUT2D eigenvalue weighted by molar-refractivity contribution is 6.43. The summed E-state index contributed by atoms with van der Waals surface area (Å²) in [5.74, 6) is 1.29. The minimum absolute atomic E-state index is 0.309. The van der Waals surface area contributed by atoms with E-state index in [1.165, 1.54) is 6.08 Å². The molecule has 0 aliphatic carbocycles. The van der Waals surface area contributed by atoms with Crippen LogP contribution in [0.25, 0.3) is 50.7 Å². The van der Waals surface area contributed by atoms with Crippen molar-refractivity contribution in [3.8, 4) is 22.8 Å². The first kappa shape index (κ1) is 23.1. The van der Waals surface area contributed by atoms with E-state index in [4.69, 9.17) is 32.0 Å². The summed E-state index contributed by atoms with van der Waals surface area (Å²) in [7, 11) is 0. The molecule has 6 rings (SSSR count). The lowest BCUT2D eigenvalue weighted by Crippen LogP contribution is -2.07. The van der Waals surface area contributed by atoms with Crippen LogP contribution in [0.5, 0.6) is 0 Å². The van der Waals surface area contributed by atoms with Gasteiger partial charge in [0.15, 0.2) is 5.58 Å². The Balaban J connectivity index is 1.19. The lowest BCUT2D eigenvalue weighted by molar-refractivity contribution is -0.111. The maximum absolute atomic E-state index is 12.5. The Kier molecular flexibility index (Phi) is 6.01. The number of carbonyl (C=O) groups excluding carboxylic acids is 1. The number of benzene rings is 4. The Labute approximate surface area is 221 Å². The maximum Gasteiger partial charge on any atom is 0.248 e. The third-order valence-electron chi connectivity index (χ3n) is 5.92. The molecule has 0 aliphatic rings. The van der Waals surface area contributed by atoms with Gasteiger partial charge >= 0.3 is 0 Å². The normalized spacial score (nSPS) is 11.5. The van der Waals surface area contributed by atoms with E-state index in [0.29, 0.717) is 49.8 Å². The van der Waals surface area contributed by atoms with Gasteiger partial charge in [0.2, 0.25) is 11.8 Å². The van der Waals surface area contributed by atoms with Crippen LogP contribution in [0.4, 0.5) is 5.69 Å². The molecule has 5 nitrogen and oxygen atoms in total. The van der Waals surface area contributed by atoms with Crippen molar-refractivity contribution in [1.29, 1.82) is 0 Å². The molecule has 0 aliphatic heterocycles. The van der Waals surface area contributed by atoms with Crippen LogP contribution in [0.15, 0.2) is 106 Å². The molecule has 0 saturated heterocycles. The fraction of sp³-hybridized carbons (Fsp3) is 0. The lowest BCUT2D eigenvalue weighted by Gasteiger charge is -2.02. The number of nitrogens with one attached hydrogen (secondary N) is 1. The number of aromatic nitrogens is 1. The van der Waals surface area contributed by atoms with Crippen molar-refractivity contribution in [3.05, 3.63) is 113 Å². The first-order chi connectivity index (χ1) is 18.0. The van der Waals surface area contributed by atoms with E-state index in [1.807, 2.05) is 36.4 Å². The molecule has 0 saturated carbocycles. The average Bonchev–Trinajstić information content (AvgIpc) is 3.56. The number of furan rings is 1. The van der Waals surface area contributed by atoms with Crippen molar-refractivity contribution < 1.29 is 13.6 Å². The fourth-order valence-corrected chi connectivity index (χ4v) is 4.55. The van der Waals surface area contributed by atoms with Crippen molar-refractivity contribution in [2.45, 2.75) is 0 Å². The summed E-state index contributed by atoms with van der Waals surface area (Å²) in [4.78, 5) is 17.2. The summed E-state index contributed by atoms with van der Waals surface area (Å²) in [6.07, 6.45) is 2.99. The summed E-state index contributed by atoms with van der Waals surface area (Å²) in [5.41, 5.74) is 3.49. The quantitative estimate of drug-likeness (QED) is 0.228. The second-order valence-electron chi connectivity index (χ2n) is 8.35. The molecule has 7 heteroatoms. The van der Waals surface area contributed by atoms with Crippen molar-refractivity contribution >= 4 is 62.7 Å². The summed E-state index contributed by atoms with van der Waals surface area (Å²) in [5, 5.41) is 5.89. The number of oxazole rings is 1. The molecule has 6 aromatic rings. The zero-order valence-electron chi connectivity index (χ0n) is 19.2. The van der Waals surface area contributed by atoms with Crippen molar-refractivity contribution in [3.63, 3.8) is 0 Å². The third-order valence-corrected chi connectivity index (χ3v) is 6.74. The molecular weight excluding hydrogens is 507 g/mol. The van der Waals surface area contributed by atoms with Gasteiger partial charge in [0.05, 0.1) is 10.0 Å². The summed E-state index contributed by atoms with van der Waals surface area (Å²) in [6, 6.07) is 28.3. The molecule has 0 radical (unpaired) electrons. The number of fused-ring (bicyclic) bond motifs is 2. The molecule has 0 spiro atoms. The number of amides is 1. The molecule has 4 aromatic carbocycles. The minimum Gasteiger partial charge on any atom is -0.457 e. The summed E-state index contributed by atoms with van der Waals surface area (Å²) in [6.45, 7) is 0. The largest absolute Gasteiger partial charge is 0.457 e. The van der Waals surface area contributed by atoms with E-state index >= 15 is 0 Å². The van der Waals surface area contributed by atoms with Crippen LogP contribution in [0, 0.1) is 0 Å². The minimum atomic E-state index is -0.309.